The van der Waals surface area contributed by atoms with Crippen LogP contribution in [0.4, 0.5) is 0 Å². The van der Waals surface area contributed by atoms with Crippen LogP contribution >= 0.6 is 11.6 Å². The SMILES string of the molecule is COC(=O)/C=C/CNC(=O)C1CCCN1Cc1ccc(Cl)cc1. The third-order valence-electron chi connectivity index (χ3n) is 3.81. The van der Waals surface area contributed by atoms with Crippen molar-refractivity contribution >= 4 is 23.5 Å². The summed E-state index contributed by atoms with van der Waals surface area (Å²) in [6.07, 6.45) is 4.74. The van der Waals surface area contributed by atoms with Crippen LogP contribution in [0.5, 0.6) is 0 Å². The molecule has 23 heavy (non-hydrogen) atoms. The molecule has 0 aliphatic carbocycles. The molecule has 1 heterocycles. The largest absolute Gasteiger partial charge is 0.466 e. The van der Waals surface area contributed by atoms with Gasteiger partial charge in [0.2, 0.25) is 5.91 Å². The van der Waals surface area contributed by atoms with Crippen molar-refractivity contribution in [1.82, 2.24) is 10.2 Å². The predicted octanol–water partition coefficient (Wildman–Crippen LogP) is 2.15. The first kappa shape index (κ1) is 17.5. The monoisotopic (exact) mass is 336 g/mol. The lowest BCUT2D eigenvalue weighted by atomic mass is 10.1. The maximum Gasteiger partial charge on any atom is 0.330 e. The highest BCUT2D eigenvalue weighted by Gasteiger charge is 2.30. The molecule has 2 rings (SSSR count). The number of methoxy groups -OCH3 is 1. The number of amides is 1. The molecule has 1 unspecified atom stereocenters. The predicted molar refractivity (Wildman–Crippen MR) is 89.0 cm³/mol. The Kier molecular flexibility index (Phi) is 6.62. The average molecular weight is 337 g/mol. The first-order chi connectivity index (χ1) is 11.1. The van der Waals surface area contributed by atoms with Gasteiger partial charge in [-0.25, -0.2) is 4.79 Å². The Morgan fingerprint density at radius 2 is 2.13 bits per heavy atom. The summed E-state index contributed by atoms with van der Waals surface area (Å²) in [6.45, 7) is 1.95. The second-order valence-electron chi connectivity index (χ2n) is 5.43. The van der Waals surface area contributed by atoms with Crippen molar-refractivity contribution in [2.45, 2.75) is 25.4 Å². The lowest BCUT2D eigenvalue weighted by Crippen LogP contribution is -2.42. The second kappa shape index (κ2) is 8.70. The summed E-state index contributed by atoms with van der Waals surface area (Å²) in [7, 11) is 1.32. The Morgan fingerprint density at radius 3 is 2.83 bits per heavy atom. The van der Waals surface area contributed by atoms with Crippen molar-refractivity contribution in [3.63, 3.8) is 0 Å². The number of halogens is 1. The quantitative estimate of drug-likeness (QED) is 0.639. The topological polar surface area (TPSA) is 58.6 Å². The molecule has 6 heteroatoms. The second-order valence-corrected chi connectivity index (χ2v) is 5.86. The molecular weight excluding hydrogens is 316 g/mol. The van der Waals surface area contributed by atoms with Crippen LogP contribution in [-0.4, -0.2) is 43.0 Å². The number of carbonyl (C=O) groups is 2. The molecule has 1 aromatic rings. The van der Waals surface area contributed by atoms with E-state index in [2.05, 4.69) is 15.0 Å². The van der Waals surface area contributed by atoms with Gasteiger partial charge in [-0.3, -0.25) is 9.69 Å². The molecule has 1 saturated heterocycles. The van der Waals surface area contributed by atoms with Crippen LogP contribution in [0.25, 0.3) is 0 Å². The fourth-order valence-electron chi connectivity index (χ4n) is 2.64. The van der Waals surface area contributed by atoms with Crippen molar-refractivity contribution in [3.05, 3.63) is 47.0 Å². The van der Waals surface area contributed by atoms with E-state index in [4.69, 9.17) is 11.6 Å². The highest BCUT2D eigenvalue weighted by Crippen LogP contribution is 2.21. The number of benzene rings is 1. The molecule has 0 saturated carbocycles. The molecule has 0 bridgehead atoms. The molecular formula is C17H21ClN2O3. The maximum atomic E-state index is 12.3. The third-order valence-corrected chi connectivity index (χ3v) is 4.07. The van der Waals surface area contributed by atoms with Crippen molar-refractivity contribution in [1.29, 1.82) is 0 Å². The Bertz CT molecular complexity index is 572. The summed E-state index contributed by atoms with van der Waals surface area (Å²) in [5.74, 6) is -0.435. The summed E-state index contributed by atoms with van der Waals surface area (Å²) >= 11 is 5.89. The number of hydrogen-bond acceptors (Lipinski definition) is 4. The Morgan fingerprint density at radius 1 is 1.39 bits per heavy atom. The molecule has 0 spiro atoms. The van der Waals surface area contributed by atoms with E-state index in [1.165, 1.54) is 13.2 Å². The highest BCUT2D eigenvalue weighted by molar-refractivity contribution is 6.30. The van der Waals surface area contributed by atoms with Gasteiger partial charge in [0.1, 0.15) is 0 Å². The molecule has 0 radical (unpaired) electrons. The summed E-state index contributed by atoms with van der Waals surface area (Å²) < 4.78 is 4.49. The van der Waals surface area contributed by atoms with Gasteiger partial charge in [0.15, 0.2) is 0 Å². The molecule has 1 N–H and O–H groups in total. The maximum absolute atomic E-state index is 12.3. The van der Waals surface area contributed by atoms with Gasteiger partial charge in [-0.15, -0.1) is 0 Å². The van der Waals surface area contributed by atoms with E-state index in [0.717, 1.165) is 31.5 Å². The third kappa shape index (κ3) is 5.37. The zero-order valence-electron chi connectivity index (χ0n) is 13.1. The minimum Gasteiger partial charge on any atom is -0.466 e. The summed E-state index contributed by atoms with van der Waals surface area (Å²) in [5.41, 5.74) is 1.14. The number of likely N-dealkylation sites (tertiary alicyclic amines) is 1. The summed E-state index contributed by atoms with van der Waals surface area (Å²) in [6, 6.07) is 7.56. The number of hydrogen-bond donors (Lipinski definition) is 1. The van der Waals surface area contributed by atoms with Crippen LogP contribution in [-0.2, 0) is 20.9 Å². The fraction of sp³-hybridized carbons (Fsp3) is 0.412. The number of ether oxygens (including phenoxy) is 1. The van der Waals surface area contributed by atoms with Gasteiger partial charge in [-0.1, -0.05) is 29.8 Å². The van der Waals surface area contributed by atoms with Crippen LogP contribution in [0.1, 0.15) is 18.4 Å². The van der Waals surface area contributed by atoms with E-state index in [-0.39, 0.29) is 11.9 Å². The molecule has 1 fully saturated rings. The fourth-order valence-corrected chi connectivity index (χ4v) is 2.76. The van der Waals surface area contributed by atoms with Crippen molar-refractivity contribution in [3.8, 4) is 0 Å². The Labute approximate surface area is 141 Å². The number of esters is 1. The van der Waals surface area contributed by atoms with E-state index in [1.54, 1.807) is 6.08 Å². The molecule has 1 aliphatic heterocycles. The highest BCUT2D eigenvalue weighted by atomic mass is 35.5. The zero-order chi connectivity index (χ0) is 16.7. The van der Waals surface area contributed by atoms with Crippen molar-refractivity contribution in [2.24, 2.45) is 0 Å². The minimum atomic E-state index is -0.426. The van der Waals surface area contributed by atoms with Gasteiger partial charge in [0, 0.05) is 24.2 Å². The van der Waals surface area contributed by atoms with Gasteiger partial charge >= 0.3 is 5.97 Å². The molecule has 1 aromatic carbocycles. The van der Waals surface area contributed by atoms with Gasteiger partial charge in [0.25, 0.3) is 0 Å². The van der Waals surface area contributed by atoms with E-state index in [1.807, 2.05) is 24.3 Å². The van der Waals surface area contributed by atoms with Crippen LogP contribution in [0.2, 0.25) is 5.02 Å². The van der Waals surface area contributed by atoms with Crippen molar-refractivity contribution in [2.75, 3.05) is 20.2 Å². The summed E-state index contributed by atoms with van der Waals surface area (Å²) in [5, 5.41) is 3.54. The smallest absolute Gasteiger partial charge is 0.330 e. The van der Waals surface area contributed by atoms with Gasteiger partial charge < -0.3 is 10.1 Å². The number of nitrogens with zero attached hydrogens (tertiary/aromatic N) is 1. The minimum absolute atomic E-state index is 0.00835. The van der Waals surface area contributed by atoms with Gasteiger partial charge in [-0.05, 0) is 37.1 Å². The van der Waals surface area contributed by atoms with Crippen molar-refractivity contribution < 1.29 is 14.3 Å². The average Bonchev–Trinajstić information content (AvgIpc) is 3.01. The molecule has 124 valence electrons. The molecule has 0 aromatic heterocycles. The molecule has 5 nitrogen and oxygen atoms in total. The lowest BCUT2D eigenvalue weighted by Gasteiger charge is -2.23. The molecule has 1 aliphatic rings. The van der Waals surface area contributed by atoms with Crippen LogP contribution in [0.3, 0.4) is 0 Å². The van der Waals surface area contributed by atoms with Gasteiger partial charge in [0.05, 0.1) is 13.2 Å². The van der Waals surface area contributed by atoms with E-state index >= 15 is 0 Å². The first-order valence-electron chi connectivity index (χ1n) is 7.61. The number of rotatable bonds is 6. The lowest BCUT2D eigenvalue weighted by molar-refractivity contribution is -0.135. The normalized spacial score (nSPS) is 18.3. The standard InChI is InChI=1S/C17H21ClN2O3/c1-23-16(21)5-2-10-19-17(22)15-4-3-11-20(15)12-13-6-8-14(18)9-7-13/h2,5-9,15H,3-4,10-12H2,1H3,(H,19,22)/b5-2+. The van der Waals surface area contributed by atoms with E-state index < -0.39 is 5.97 Å². The Balaban J connectivity index is 1.85. The van der Waals surface area contributed by atoms with Crippen LogP contribution in [0.15, 0.2) is 36.4 Å². The zero-order valence-corrected chi connectivity index (χ0v) is 13.9. The van der Waals surface area contributed by atoms with Crippen LogP contribution < -0.4 is 5.32 Å². The van der Waals surface area contributed by atoms with Crippen LogP contribution in [0, 0.1) is 0 Å². The van der Waals surface area contributed by atoms with E-state index in [9.17, 15) is 9.59 Å². The van der Waals surface area contributed by atoms with Gasteiger partial charge in [-0.2, -0.15) is 0 Å². The first-order valence-corrected chi connectivity index (χ1v) is 7.98. The Hall–Kier alpha value is -1.85. The molecule has 1 amide bonds. The number of nitrogens with one attached hydrogen (secondary N) is 1. The summed E-state index contributed by atoms with van der Waals surface area (Å²) in [4.78, 5) is 25.4. The number of carbonyl (C=O) groups excluding carboxylic acids is 2. The van der Waals surface area contributed by atoms with E-state index in [0.29, 0.717) is 11.6 Å². The molecule has 1 atom stereocenters.